The number of H-pyrrole nitrogens is 1. The Kier molecular flexibility index (Phi) is 4.77. The highest BCUT2D eigenvalue weighted by molar-refractivity contribution is 5.96. The van der Waals surface area contributed by atoms with Crippen LogP contribution in [-0.2, 0) is 20.1 Å². The van der Waals surface area contributed by atoms with Gasteiger partial charge in [0.2, 0.25) is 0 Å². The van der Waals surface area contributed by atoms with Gasteiger partial charge in [-0.25, -0.2) is 0 Å². The van der Waals surface area contributed by atoms with Crippen LogP contribution in [0.1, 0.15) is 25.0 Å². The molecule has 0 saturated heterocycles. The maximum Gasteiger partial charge on any atom is 0.0701 e. The highest BCUT2D eigenvalue weighted by Gasteiger charge is 2.17. The van der Waals surface area contributed by atoms with E-state index in [9.17, 15) is 0 Å². The first kappa shape index (κ1) is 17.5. The van der Waals surface area contributed by atoms with Crippen molar-refractivity contribution < 1.29 is 0 Å². The zero-order valence-electron chi connectivity index (χ0n) is 16.1. The minimum atomic E-state index is 0.417. The number of nitrogens with one attached hydrogen (secondary N) is 1. The third-order valence-corrected chi connectivity index (χ3v) is 5.02. The second-order valence-corrected chi connectivity index (χ2v) is 7.32. The lowest BCUT2D eigenvalue weighted by Crippen LogP contribution is -2.29. The van der Waals surface area contributed by atoms with Crippen molar-refractivity contribution in [3.63, 3.8) is 0 Å². The van der Waals surface area contributed by atoms with Crippen LogP contribution in [0, 0.1) is 0 Å². The van der Waals surface area contributed by atoms with E-state index in [0.717, 1.165) is 18.8 Å². The van der Waals surface area contributed by atoms with Gasteiger partial charge in [0.25, 0.3) is 0 Å². The zero-order valence-corrected chi connectivity index (χ0v) is 16.1. The molecule has 0 saturated carbocycles. The number of hydrogen-bond donors (Lipinski definition) is 1. The van der Waals surface area contributed by atoms with Crippen molar-refractivity contribution in [2.24, 2.45) is 7.05 Å². The first-order chi connectivity index (χ1) is 13.1. The minimum absolute atomic E-state index is 0.417. The van der Waals surface area contributed by atoms with Crippen LogP contribution in [0.15, 0.2) is 61.1 Å². The Morgan fingerprint density at radius 2 is 1.85 bits per heavy atom. The van der Waals surface area contributed by atoms with E-state index in [1.54, 1.807) is 0 Å². The molecule has 2 heterocycles. The van der Waals surface area contributed by atoms with Crippen molar-refractivity contribution >= 4 is 10.8 Å². The topological polar surface area (TPSA) is 49.7 Å². The molecule has 0 aliphatic carbocycles. The number of aromatic nitrogens is 4. The van der Waals surface area contributed by atoms with Gasteiger partial charge in [0.15, 0.2) is 0 Å². The lowest BCUT2D eigenvalue weighted by atomic mass is 10.00. The third-order valence-electron chi connectivity index (χ3n) is 5.02. The molecule has 4 aromatic rings. The molecule has 27 heavy (non-hydrogen) atoms. The SMILES string of the molecule is CC(C)N(Cc1cnn(C)c1)Cc1cn[nH]c1-c1cccc2ccccc12. The van der Waals surface area contributed by atoms with Crippen LogP contribution in [0.5, 0.6) is 0 Å². The molecule has 0 unspecified atom stereocenters. The maximum atomic E-state index is 4.36. The highest BCUT2D eigenvalue weighted by atomic mass is 15.2. The molecule has 4 rings (SSSR count). The summed E-state index contributed by atoms with van der Waals surface area (Å²) in [5, 5.41) is 14.4. The fourth-order valence-corrected chi connectivity index (χ4v) is 3.54. The fourth-order valence-electron chi connectivity index (χ4n) is 3.54. The quantitative estimate of drug-likeness (QED) is 0.556. The number of hydrogen-bond acceptors (Lipinski definition) is 3. The Labute approximate surface area is 159 Å². The van der Waals surface area contributed by atoms with E-state index >= 15 is 0 Å². The summed E-state index contributed by atoms with van der Waals surface area (Å²) in [4.78, 5) is 2.44. The monoisotopic (exact) mass is 359 g/mol. The van der Waals surface area contributed by atoms with Crippen molar-refractivity contribution in [3.8, 4) is 11.3 Å². The predicted octanol–water partition coefficient (Wildman–Crippen LogP) is 4.37. The molecular formula is C22H25N5. The molecule has 0 radical (unpaired) electrons. The molecule has 5 nitrogen and oxygen atoms in total. The van der Waals surface area contributed by atoms with Gasteiger partial charge in [-0.2, -0.15) is 10.2 Å². The van der Waals surface area contributed by atoms with Crippen molar-refractivity contribution in [3.05, 3.63) is 72.2 Å². The first-order valence-corrected chi connectivity index (χ1v) is 9.34. The summed E-state index contributed by atoms with van der Waals surface area (Å²) < 4.78 is 1.85. The predicted molar refractivity (Wildman–Crippen MR) is 109 cm³/mol. The third kappa shape index (κ3) is 3.64. The second-order valence-electron chi connectivity index (χ2n) is 7.32. The van der Waals surface area contributed by atoms with E-state index in [1.807, 2.05) is 24.1 Å². The minimum Gasteiger partial charge on any atom is -0.292 e. The Morgan fingerprint density at radius 1 is 1.04 bits per heavy atom. The average molecular weight is 359 g/mol. The number of nitrogens with zero attached hydrogens (tertiary/aromatic N) is 4. The molecule has 5 heteroatoms. The zero-order chi connectivity index (χ0) is 18.8. The summed E-state index contributed by atoms with van der Waals surface area (Å²) in [5.41, 5.74) is 4.74. The van der Waals surface area contributed by atoms with E-state index in [2.05, 4.69) is 82.7 Å². The number of rotatable bonds is 6. The van der Waals surface area contributed by atoms with E-state index in [4.69, 9.17) is 0 Å². The lowest BCUT2D eigenvalue weighted by Gasteiger charge is -2.26. The molecule has 1 N–H and O–H groups in total. The summed E-state index contributed by atoms with van der Waals surface area (Å²) in [7, 11) is 1.96. The Hall–Kier alpha value is -2.92. The van der Waals surface area contributed by atoms with Gasteiger partial charge >= 0.3 is 0 Å². The van der Waals surface area contributed by atoms with E-state index < -0.39 is 0 Å². The summed E-state index contributed by atoms with van der Waals surface area (Å²) in [5.74, 6) is 0. The van der Waals surface area contributed by atoms with Crippen molar-refractivity contribution in [2.45, 2.75) is 33.0 Å². The standard InChI is InChI=1S/C22H25N5/c1-16(2)27(14-17-11-24-26(3)13-17)15-19-12-23-25-22(19)21-10-6-8-18-7-4-5-9-20(18)21/h4-13,16H,14-15H2,1-3H3,(H,23,25). The number of benzene rings is 2. The normalized spacial score (nSPS) is 11.7. The molecule has 0 atom stereocenters. The number of aryl methyl sites for hydroxylation is 1. The molecule has 0 amide bonds. The Morgan fingerprint density at radius 3 is 2.63 bits per heavy atom. The van der Waals surface area contributed by atoms with Crippen LogP contribution in [0.2, 0.25) is 0 Å². The average Bonchev–Trinajstić information content (AvgIpc) is 3.29. The molecular weight excluding hydrogens is 334 g/mol. The van der Waals surface area contributed by atoms with Gasteiger partial charge in [0.1, 0.15) is 0 Å². The smallest absolute Gasteiger partial charge is 0.0701 e. The molecule has 0 bridgehead atoms. The summed E-state index contributed by atoms with van der Waals surface area (Å²) in [6, 6.07) is 15.3. The largest absolute Gasteiger partial charge is 0.292 e. The number of fused-ring (bicyclic) bond motifs is 1. The molecule has 0 fully saturated rings. The molecule has 2 aromatic heterocycles. The highest BCUT2D eigenvalue weighted by Crippen LogP contribution is 2.30. The number of aromatic amines is 1. The van der Waals surface area contributed by atoms with Crippen LogP contribution in [0.3, 0.4) is 0 Å². The maximum absolute atomic E-state index is 4.36. The fraction of sp³-hybridized carbons (Fsp3) is 0.273. The van der Waals surface area contributed by atoms with Gasteiger partial charge < -0.3 is 0 Å². The van der Waals surface area contributed by atoms with Gasteiger partial charge in [0, 0.05) is 49.1 Å². The van der Waals surface area contributed by atoms with Crippen molar-refractivity contribution in [1.82, 2.24) is 24.9 Å². The molecule has 0 spiro atoms. The molecule has 2 aromatic carbocycles. The van der Waals surface area contributed by atoms with Crippen LogP contribution in [-0.4, -0.2) is 30.9 Å². The van der Waals surface area contributed by atoms with E-state index in [0.29, 0.717) is 6.04 Å². The van der Waals surface area contributed by atoms with E-state index in [-0.39, 0.29) is 0 Å². The van der Waals surface area contributed by atoms with Crippen molar-refractivity contribution in [1.29, 1.82) is 0 Å². The summed E-state index contributed by atoms with van der Waals surface area (Å²) in [6.07, 6.45) is 5.97. The van der Waals surface area contributed by atoms with Crippen molar-refractivity contribution in [2.75, 3.05) is 0 Å². The van der Waals surface area contributed by atoms with Crippen LogP contribution >= 0.6 is 0 Å². The summed E-state index contributed by atoms with van der Waals surface area (Å²) in [6.45, 7) is 6.16. The Bertz CT molecular complexity index is 1040. The van der Waals surface area contributed by atoms with Gasteiger partial charge in [-0.15, -0.1) is 0 Å². The summed E-state index contributed by atoms with van der Waals surface area (Å²) >= 11 is 0. The molecule has 0 aliphatic heterocycles. The first-order valence-electron chi connectivity index (χ1n) is 9.34. The molecule has 0 aliphatic rings. The van der Waals surface area contributed by atoms with Gasteiger partial charge in [-0.3, -0.25) is 14.7 Å². The van der Waals surface area contributed by atoms with Gasteiger partial charge in [-0.1, -0.05) is 42.5 Å². The van der Waals surface area contributed by atoms with Gasteiger partial charge in [0.05, 0.1) is 18.1 Å². The lowest BCUT2D eigenvalue weighted by molar-refractivity contribution is 0.204. The van der Waals surface area contributed by atoms with Gasteiger partial charge in [-0.05, 0) is 24.6 Å². The van der Waals surface area contributed by atoms with Crippen LogP contribution in [0.25, 0.3) is 22.0 Å². The van der Waals surface area contributed by atoms with Crippen LogP contribution < -0.4 is 0 Å². The second kappa shape index (κ2) is 7.37. The van der Waals surface area contributed by atoms with Crippen LogP contribution in [0.4, 0.5) is 0 Å². The van der Waals surface area contributed by atoms with E-state index in [1.165, 1.54) is 27.5 Å². The molecule has 138 valence electrons. The Balaban J connectivity index is 1.66.